The minimum atomic E-state index is -0.166. The maximum atomic E-state index is 13.3. The topological polar surface area (TPSA) is 26.0 Å². The van der Waals surface area contributed by atoms with E-state index in [0.717, 1.165) is 12.0 Å². The molecule has 0 saturated heterocycles. The number of halogens is 1. The quantitative estimate of drug-likeness (QED) is 0.787. The second-order valence-corrected chi connectivity index (χ2v) is 3.87. The van der Waals surface area contributed by atoms with E-state index >= 15 is 0 Å². The largest absolute Gasteiger partial charge is 0.324 e. The van der Waals surface area contributed by atoms with Crippen molar-refractivity contribution in [2.24, 2.45) is 11.7 Å². The molecule has 0 saturated carbocycles. The lowest BCUT2D eigenvalue weighted by Gasteiger charge is -2.20. The summed E-state index contributed by atoms with van der Waals surface area (Å²) in [6.45, 7) is 5.97. The van der Waals surface area contributed by atoms with Crippen molar-refractivity contribution in [2.45, 2.75) is 33.2 Å². The average molecular weight is 195 g/mol. The van der Waals surface area contributed by atoms with Crippen molar-refractivity contribution in [3.05, 3.63) is 35.1 Å². The first kappa shape index (κ1) is 11.2. The van der Waals surface area contributed by atoms with Crippen LogP contribution in [0.4, 0.5) is 4.39 Å². The molecule has 0 aliphatic carbocycles. The maximum Gasteiger partial charge on any atom is 0.126 e. The van der Waals surface area contributed by atoms with Crippen LogP contribution in [-0.2, 0) is 0 Å². The first-order chi connectivity index (χ1) is 6.57. The predicted octanol–water partition coefficient (Wildman–Crippen LogP) is 3.18. The van der Waals surface area contributed by atoms with Gasteiger partial charge in [0.1, 0.15) is 5.82 Å². The highest BCUT2D eigenvalue weighted by molar-refractivity contribution is 5.30. The van der Waals surface area contributed by atoms with Crippen molar-refractivity contribution >= 4 is 0 Å². The van der Waals surface area contributed by atoms with Crippen LogP contribution in [0.5, 0.6) is 0 Å². The highest BCUT2D eigenvalue weighted by Gasteiger charge is 2.16. The molecule has 1 nitrogen and oxygen atoms in total. The van der Waals surface area contributed by atoms with E-state index in [0.29, 0.717) is 11.5 Å². The van der Waals surface area contributed by atoms with Crippen LogP contribution in [-0.4, -0.2) is 0 Å². The van der Waals surface area contributed by atoms with E-state index in [4.69, 9.17) is 5.73 Å². The molecule has 0 fully saturated rings. The van der Waals surface area contributed by atoms with E-state index in [1.54, 1.807) is 13.0 Å². The molecule has 1 aromatic rings. The summed E-state index contributed by atoms with van der Waals surface area (Å²) < 4.78 is 13.3. The molecular weight excluding hydrogens is 177 g/mol. The van der Waals surface area contributed by atoms with Gasteiger partial charge in [0, 0.05) is 6.04 Å². The molecular formula is C12H18FN. The SMILES string of the molecule is CCC(C)[C@@H](N)c1cccc(F)c1C. The van der Waals surface area contributed by atoms with Gasteiger partial charge in [0.15, 0.2) is 0 Å². The van der Waals surface area contributed by atoms with Crippen molar-refractivity contribution in [1.29, 1.82) is 0 Å². The molecule has 0 bridgehead atoms. The maximum absolute atomic E-state index is 13.3. The van der Waals surface area contributed by atoms with Gasteiger partial charge in [-0.2, -0.15) is 0 Å². The fourth-order valence-corrected chi connectivity index (χ4v) is 1.55. The van der Waals surface area contributed by atoms with Gasteiger partial charge in [-0.25, -0.2) is 4.39 Å². The van der Waals surface area contributed by atoms with Gasteiger partial charge in [0.05, 0.1) is 0 Å². The second-order valence-electron chi connectivity index (χ2n) is 3.87. The summed E-state index contributed by atoms with van der Waals surface area (Å²) in [5.41, 5.74) is 7.66. The Morgan fingerprint density at radius 2 is 2.07 bits per heavy atom. The molecule has 0 aromatic heterocycles. The zero-order chi connectivity index (χ0) is 10.7. The van der Waals surface area contributed by atoms with Crippen LogP contribution in [0, 0.1) is 18.7 Å². The Morgan fingerprint density at radius 1 is 1.43 bits per heavy atom. The Balaban J connectivity index is 3.01. The van der Waals surface area contributed by atoms with Gasteiger partial charge >= 0.3 is 0 Å². The zero-order valence-electron chi connectivity index (χ0n) is 9.05. The Kier molecular flexibility index (Phi) is 3.64. The van der Waals surface area contributed by atoms with Gasteiger partial charge in [0.25, 0.3) is 0 Å². The summed E-state index contributed by atoms with van der Waals surface area (Å²) >= 11 is 0. The van der Waals surface area contributed by atoms with Crippen molar-refractivity contribution < 1.29 is 4.39 Å². The van der Waals surface area contributed by atoms with Crippen molar-refractivity contribution in [2.75, 3.05) is 0 Å². The van der Waals surface area contributed by atoms with Gasteiger partial charge in [-0.3, -0.25) is 0 Å². The number of rotatable bonds is 3. The van der Waals surface area contributed by atoms with E-state index in [-0.39, 0.29) is 11.9 Å². The molecule has 2 heteroatoms. The van der Waals surface area contributed by atoms with Crippen molar-refractivity contribution in [3.8, 4) is 0 Å². The lowest BCUT2D eigenvalue weighted by Crippen LogP contribution is -2.19. The molecule has 78 valence electrons. The summed E-state index contributed by atoms with van der Waals surface area (Å²) in [4.78, 5) is 0. The third-order valence-corrected chi connectivity index (χ3v) is 2.93. The second kappa shape index (κ2) is 4.56. The summed E-state index contributed by atoms with van der Waals surface area (Å²) in [5.74, 6) is 0.219. The fraction of sp³-hybridized carbons (Fsp3) is 0.500. The van der Waals surface area contributed by atoms with Crippen LogP contribution in [0.1, 0.15) is 37.4 Å². The van der Waals surface area contributed by atoms with Crippen molar-refractivity contribution in [3.63, 3.8) is 0 Å². The number of hydrogen-bond donors (Lipinski definition) is 1. The van der Waals surface area contributed by atoms with Crippen LogP contribution in [0.25, 0.3) is 0 Å². The number of nitrogens with two attached hydrogens (primary N) is 1. The van der Waals surface area contributed by atoms with Crippen LogP contribution < -0.4 is 5.73 Å². The van der Waals surface area contributed by atoms with Crippen LogP contribution in [0.15, 0.2) is 18.2 Å². The lowest BCUT2D eigenvalue weighted by atomic mass is 9.90. The van der Waals surface area contributed by atoms with Gasteiger partial charge in [-0.1, -0.05) is 32.4 Å². The Hall–Kier alpha value is -0.890. The Morgan fingerprint density at radius 3 is 2.64 bits per heavy atom. The van der Waals surface area contributed by atoms with Crippen LogP contribution >= 0.6 is 0 Å². The normalized spacial score (nSPS) is 15.2. The highest BCUT2D eigenvalue weighted by atomic mass is 19.1. The molecule has 0 amide bonds. The standard InChI is InChI=1S/C12H18FN/c1-4-8(2)12(14)10-6-5-7-11(13)9(10)3/h5-8,12H,4,14H2,1-3H3/t8?,12-/m1/s1. The fourth-order valence-electron chi connectivity index (χ4n) is 1.55. The molecule has 0 aliphatic rings. The van der Waals surface area contributed by atoms with E-state index in [1.165, 1.54) is 6.07 Å². The third kappa shape index (κ3) is 2.13. The van der Waals surface area contributed by atoms with Crippen LogP contribution in [0.2, 0.25) is 0 Å². The van der Waals surface area contributed by atoms with Gasteiger partial charge < -0.3 is 5.73 Å². The monoisotopic (exact) mass is 195 g/mol. The summed E-state index contributed by atoms with van der Waals surface area (Å²) in [7, 11) is 0. The first-order valence-electron chi connectivity index (χ1n) is 5.08. The molecule has 0 radical (unpaired) electrons. The minimum absolute atomic E-state index is 0.0595. The van der Waals surface area contributed by atoms with Gasteiger partial charge in [0.2, 0.25) is 0 Å². The molecule has 2 atom stereocenters. The molecule has 0 heterocycles. The Labute approximate surface area is 85.1 Å². The van der Waals surface area contributed by atoms with Crippen LogP contribution in [0.3, 0.4) is 0 Å². The minimum Gasteiger partial charge on any atom is -0.324 e. The predicted molar refractivity (Wildman–Crippen MR) is 57.5 cm³/mol. The number of hydrogen-bond acceptors (Lipinski definition) is 1. The molecule has 14 heavy (non-hydrogen) atoms. The third-order valence-electron chi connectivity index (χ3n) is 2.93. The number of benzene rings is 1. The zero-order valence-corrected chi connectivity index (χ0v) is 9.05. The molecule has 0 spiro atoms. The molecule has 2 N–H and O–H groups in total. The Bertz CT molecular complexity index is 309. The molecule has 1 rings (SSSR count). The first-order valence-corrected chi connectivity index (χ1v) is 5.08. The molecule has 1 aromatic carbocycles. The summed E-state index contributed by atoms with van der Waals surface area (Å²) in [6.07, 6.45) is 1.01. The van der Waals surface area contributed by atoms with Gasteiger partial charge in [-0.05, 0) is 30.0 Å². The van der Waals surface area contributed by atoms with Crippen molar-refractivity contribution in [1.82, 2.24) is 0 Å². The van der Waals surface area contributed by atoms with E-state index in [1.807, 2.05) is 6.07 Å². The van der Waals surface area contributed by atoms with Gasteiger partial charge in [-0.15, -0.1) is 0 Å². The molecule has 0 aliphatic heterocycles. The van der Waals surface area contributed by atoms with E-state index < -0.39 is 0 Å². The average Bonchev–Trinajstić information content (AvgIpc) is 2.20. The van der Waals surface area contributed by atoms with E-state index in [2.05, 4.69) is 13.8 Å². The van der Waals surface area contributed by atoms with E-state index in [9.17, 15) is 4.39 Å². The highest BCUT2D eigenvalue weighted by Crippen LogP contribution is 2.25. The summed E-state index contributed by atoms with van der Waals surface area (Å²) in [6, 6.07) is 5.05. The molecule has 1 unspecified atom stereocenters. The summed E-state index contributed by atoms with van der Waals surface area (Å²) in [5, 5.41) is 0. The smallest absolute Gasteiger partial charge is 0.126 e. The lowest BCUT2D eigenvalue weighted by molar-refractivity contribution is 0.452.